The normalized spacial score (nSPS) is 7.62. The van der Waals surface area contributed by atoms with Crippen molar-refractivity contribution in [1.82, 2.24) is 0 Å². The van der Waals surface area contributed by atoms with Crippen LogP contribution in [-0.2, 0) is 31.4 Å². The predicted octanol–water partition coefficient (Wildman–Crippen LogP) is -3.66. The summed E-state index contributed by atoms with van der Waals surface area (Å²) >= 11 is 1.06. The van der Waals surface area contributed by atoms with Crippen molar-refractivity contribution >= 4 is 10.4 Å². The zero-order valence-corrected chi connectivity index (χ0v) is 9.31. The molecule has 0 saturated heterocycles. The summed E-state index contributed by atoms with van der Waals surface area (Å²) in [5, 5.41) is 0. The molecule has 0 radical (unpaired) electrons. The van der Waals surface area contributed by atoms with Gasteiger partial charge in [-0.1, -0.05) is 0 Å². The van der Waals surface area contributed by atoms with Crippen LogP contribution < -0.4 is 51.4 Å². The summed E-state index contributed by atoms with van der Waals surface area (Å²) in [6.45, 7) is 0. The van der Waals surface area contributed by atoms with E-state index in [1.807, 2.05) is 0 Å². The summed E-state index contributed by atoms with van der Waals surface area (Å²) in [6.07, 6.45) is 0. The number of rotatable bonds is 0. The zero-order valence-electron chi connectivity index (χ0n) is 4.97. The van der Waals surface area contributed by atoms with E-state index in [1.54, 1.807) is 0 Å². The molecule has 8 heteroatoms. The zero-order chi connectivity index (χ0) is 6.50. The molecule has 0 heterocycles. The van der Waals surface area contributed by atoms with Crippen LogP contribution in [0.2, 0.25) is 0 Å². The van der Waals surface area contributed by atoms with Gasteiger partial charge in [-0.15, -0.1) is 0 Å². The first kappa shape index (κ1) is 16.5. The Hall–Kier alpha value is 1.89. The predicted molar refractivity (Wildman–Crippen MR) is 16.0 cm³/mol. The quantitative estimate of drug-likeness (QED) is 0.314. The Bertz CT molecular complexity index is 111. The molecular weight excluding hydrogens is 202 g/mol. The molecule has 0 aromatic heterocycles. The Morgan fingerprint density at radius 3 is 1.25 bits per heavy atom. The van der Waals surface area contributed by atoms with Gasteiger partial charge in [-0.3, -0.25) is 9.11 Å². The van der Waals surface area contributed by atoms with Crippen LogP contribution in [-0.4, -0.2) is 17.5 Å². The fourth-order valence-electron chi connectivity index (χ4n) is 0. The van der Waals surface area contributed by atoms with Crippen LogP contribution >= 0.6 is 0 Å². The van der Waals surface area contributed by atoms with Gasteiger partial charge in [0.2, 0.25) is 0 Å². The molecular formula is H3KO5SV. The van der Waals surface area contributed by atoms with Crippen LogP contribution in [0.5, 0.6) is 0 Å². The summed E-state index contributed by atoms with van der Waals surface area (Å²) in [4.78, 5) is 0. The van der Waals surface area contributed by atoms with Gasteiger partial charge in [0.25, 0.3) is 0 Å². The van der Waals surface area contributed by atoms with Crippen molar-refractivity contribution in [2.45, 2.75) is 0 Å². The van der Waals surface area contributed by atoms with Crippen LogP contribution in [0, 0.1) is 0 Å². The Kier molecular flexibility index (Phi) is 18.3. The number of hydrogen-bond acceptors (Lipinski definition) is 3. The van der Waals surface area contributed by atoms with Crippen LogP contribution in [0.25, 0.3) is 0 Å². The Morgan fingerprint density at radius 1 is 1.25 bits per heavy atom. The molecule has 0 atom stereocenters. The molecule has 0 bridgehead atoms. The van der Waals surface area contributed by atoms with E-state index >= 15 is 0 Å². The summed E-state index contributed by atoms with van der Waals surface area (Å²) < 4.78 is 39.8. The van der Waals surface area contributed by atoms with Gasteiger partial charge in [-0.05, 0) is 0 Å². The van der Waals surface area contributed by atoms with Crippen LogP contribution in [0.4, 0.5) is 0 Å². The molecule has 2 N–H and O–H groups in total. The van der Waals surface area contributed by atoms with Gasteiger partial charge in [0.15, 0.2) is 0 Å². The maximum absolute atomic E-state index is 8.74. The molecule has 0 aliphatic carbocycles. The van der Waals surface area contributed by atoms with Crippen LogP contribution in [0.3, 0.4) is 0 Å². The third-order valence-electron chi connectivity index (χ3n) is 0. The van der Waals surface area contributed by atoms with Gasteiger partial charge in [0.05, 0.1) is 0 Å². The average molecular weight is 205 g/mol. The average Bonchev–Trinajstić information content (AvgIpc) is 1.36. The second kappa shape index (κ2) is 8.89. The van der Waals surface area contributed by atoms with Crippen molar-refractivity contribution in [3.05, 3.63) is 0 Å². The molecule has 0 aromatic carbocycles. The first-order valence-electron chi connectivity index (χ1n) is 0.881. The minimum absolute atomic E-state index is 0. The Labute approximate surface area is 99.9 Å². The fourth-order valence-corrected chi connectivity index (χ4v) is 0. The summed E-state index contributed by atoms with van der Waals surface area (Å²) in [5.74, 6) is 0. The van der Waals surface area contributed by atoms with Crippen LogP contribution in [0.1, 0.15) is 1.43 Å². The van der Waals surface area contributed by atoms with Gasteiger partial charge in [0, 0.05) is 0 Å². The minimum atomic E-state index is -4.67. The van der Waals surface area contributed by atoms with Crippen molar-refractivity contribution in [3.8, 4) is 0 Å². The van der Waals surface area contributed by atoms with Crippen LogP contribution in [0.15, 0.2) is 0 Å². The van der Waals surface area contributed by atoms with Crippen molar-refractivity contribution in [1.29, 1.82) is 0 Å². The first-order valence-corrected chi connectivity index (χ1v) is 2.85. The Balaban J connectivity index is -0.0000000286. The third-order valence-corrected chi connectivity index (χ3v) is 0. The fraction of sp³-hybridized carbons (Fsp3) is 0. The molecule has 0 aliphatic rings. The molecule has 0 aliphatic heterocycles. The standard InChI is InChI=1S/K.H2O4S.O.V.H/c;1-5(2,3)4;;;/h;(H2,1,2,3,4);;;/q+1;;;;-1. The van der Waals surface area contributed by atoms with E-state index in [1.165, 1.54) is 0 Å². The molecule has 0 fully saturated rings. The van der Waals surface area contributed by atoms with E-state index in [0.717, 1.165) is 17.4 Å². The van der Waals surface area contributed by atoms with Crippen molar-refractivity contribution in [3.63, 3.8) is 0 Å². The van der Waals surface area contributed by atoms with Crippen molar-refractivity contribution < 1.29 is 91.4 Å². The van der Waals surface area contributed by atoms with E-state index < -0.39 is 10.4 Å². The number of hydrogen-bond donors (Lipinski definition) is 2. The molecule has 0 aromatic rings. The van der Waals surface area contributed by atoms with E-state index in [-0.39, 0.29) is 52.8 Å². The van der Waals surface area contributed by atoms with Gasteiger partial charge >= 0.3 is 82.8 Å². The second-order valence-electron chi connectivity index (χ2n) is 0.448. The van der Waals surface area contributed by atoms with Gasteiger partial charge in [0.1, 0.15) is 0 Å². The SMILES string of the molecule is O=S(=O)(O)O.[H-].[K+].[O]=[V]. The monoisotopic (exact) mass is 205 g/mol. The molecule has 0 spiro atoms. The molecule has 8 heavy (non-hydrogen) atoms. The molecule has 45 valence electrons. The van der Waals surface area contributed by atoms with Gasteiger partial charge < -0.3 is 1.43 Å². The van der Waals surface area contributed by atoms with E-state index in [0.29, 0.717) is 0 Å². The second-order valence-corrected chi connectivity index (χ2v) is 1.34. The van der Waals surface area contributed by atoms with E-state index in [9.17, 15) is 0 Å². The van der Waals surface area contributed by atoms with E-state index in [2.05, 4.69) is 0 Å². The topological polar surface area (TPSA) is 91.7 Å². The van der Waals surface area contributed by atoms with Crippen molar-refractivity contribution in [2.24, 2.45) is 0 Å². The van der Waals surface area contributed by atoms with Crippen molar-refractivity contribution in [2.75, 3.05) is 0 Å². The third kappa shape index (κ3) is 105. The molecule has 0 rings (SSSR count). The summed E-state index contributed by atoms with van der Waals surface area (Å²) in [5.41, 5.74) is 0. The van der Waals surface area contributed by atoms with E-state index in [4.69, 9.17) is 21.2 Å². The Morgan fingerprint density at radius 2 is 1.25 bits per heavy atom. The van der Waals surface area contributed by atoms with Gasteiger partial charge in [-0.25, -0.2) is 0 Å². The molecule has 0 unspecified atom stereocenters. The maximum atomic E-state index is 8.74. The molecule has 5 nitrogen and oxygen atoms in total. The summed E-state index contributed by atoms with van der Waals surface area (Å²) in [7, 11) is -4.67. The summed E-state index contributed by atoms with van der Waals surface area (Å²) in [6, 6.07) is 0. The molecule has 0 amide bonds. The van der Waals surface area contributed by atoms with Gasteiger partial charge in [-0.2, -0.15) is 8.42 Å². The first-order chi connectivity index (χ1) is 3.00. The molecule has 0 saturated carbocycles.